The van der Waals surface area contributed by atoms with Gasteiger partial charge < -0.3 is 28.6 Å². The van der Waals surface area contributed by atoms with Crippen molar-refractivity contribution in [2.75, 3.05) is 41.0 Å². The number of likely N-dealkylation sites (N-methyl/N-ethyl adjacent to an activating group) is 1. The van der Waals surface area contributed by atoms with E-state index < -0.39 is 18.1 Å². The van der Waals surface area contributed by atoms with Crippen molar-refractivity contribution in [2.45, 2.75) is 187 Å². The first-order chi connectivity index (χ1) is 25.1. The molecule has 2 unspecified atom stereocenters. The Morgan fingerprint density at radius 1 is 0.577 bits per heavy atom. The van der Waals surface area contributed by atoms with E-state index in [2.05, 4.69) is 50.3 Å². The van der Waals surface area contributed by atoms with Crippen LogP contribution in [-0.4, -0.2) is 75.5 Å². The Bertz CT molecular complexity index is 953. The molecular formula is C44H79NO7. The van der Waals surface area contributed by atoms with Crippen LogP contribution in [0.1, 0.15) is 174 Å². The lowest BCUT2D eigenvalue weighted by molar-refractivity contribution is -0.889. The Labute approximate surface area is 319 Å². The van der Waals surface area contributed by atoms with Crippen LogP contribution in [0.5, 0.6) is 0 Å². The van der Waals surface area contributed by atoms with E-state index in [-0.39, 0.29) is 42.7 Å². The Hall–Kier alpha value is -2.45. The fraction of sp³-hybridized carbons (Fsp3) is 0.795. The summed E-state index contributed by atoms with van der Waals surface area (Å²) in [4.78, 5) is 36.8. The third kappa shape index (κ3) is 33.4. The molecule has 0 fully saturated rings. The molecule has 0 rings (SSSR count). The second kappa shape index (κ2) is 35.6. The predicted octanol–water partition coefficient (Wildman–Crippen LogP) is 9.74. The van der Waals surface area contributed by atoms with Gasteiger partial charge in [0.2, 0.25) is 0 Å². The van der Waals surface area contributed by atoms with Gasteiger partial charge >= 0.3 is 11.9 Å². The van der Waals surface area contributed by atoms with Crippen LogP contribution in [0.2, 0.25) is 0 Å². The van der Waals surface area contributed by atoms with E-state index >= 15 is 0 Å². The van der Waals surface area contributed by atoms with Crippen molar-refractivity contribution >= 4 is 17.9 Å². The average Bonchev–Trinajstić information content (AvgIpc) is 3.09. The molecule has 0 bridgehead atoms. The van der Waals surface area contributed by atoms with Crippen LogP contribution in [0.25, 0.3) is 0 Å². The number of esters is 2. The number of carboxylic acids is 1. The van der Waals surface area contributed by atoms with E-state index in [1.54, 1.807) is 21.1 Å². The molecular weight excluding hydrogens is 654 g/mol. The van der Waals surface area contributed by atoms with Crippen LogP contribution in [0.3, 0.4) is 0 Å². The maximum atomic E-state index is 12.7. The zero-order chi connectivity index (χ0) is 38.5. The number of carbonyl (C=O) groups is 3. The first-order valence-electron chi connectivity index (χ1n) is 21.0. The Morgan fingerprint density at radius 3 is 1.56 bits per heavy atom. The standard InChI is InChI=1S/C44H79NO7/c1-6-8-10-12-14-16-18-20-22-24-26-28-30-32-34-42(46)51-39-40(38-50-37-36-41(44(48)49)45(3,4)5)52-43(47)35-33-31-29-27-25-23-21-19-17-15-13-11-9-7-2/h13,15,18-21,40-41H,6-12,14,16-17,22-39H2,1-5H3/b15-13-,20-18-,21-19-. The molecule has 0 aromatic carbocycles. The number of quaternary nitrogens is 1. The fourth-order valence-electron chi connectivity index (χ4n) is 5.90. The minimum absolute atomic E-state index is 0.0330. The highest BCUT2D eigenvalue weighted by Crippen LogP contribution is 2.13. The first-order valence-corrected chi connectivity index (χ1v) is 21.0. The van der Waals surface area contributed by atoms with Crippen molar-refractivity contribution in [3.63, 3.8) is 0 Å². The molecule has 8 heteroatoms. The van der Waals surface area contributed by atoms with Crippen LogP contribution in [0.15, 0.2) is 36.5 Å². The maximum absolute atomic E-state index is 12.7. The summed E-state index contributed by atoms with van der Waals surface area (Å²) in [5.41, 5.74) is 0. The van der Waals surface area contributed by atoms with Crippen molar-refractivity contribution in [1.82, 2.24) is 0 Å². The second-order valence-corrected chi connectivity index (χ2v) is 15.2. The number of carboxylic acid groups (broad SMARTS) is 1. The van der Waals surface area contributed by atoms with Crippen molar-refractivity contribution in [3.05, 3.63) is 36.5 Å². The van der Waals surface area contributed by atoms with Gasteiger partial charge in [-0.2, -0.15) is 0 Å². The molecule has 0 aliphatic carbocycles. The molecule has 302 valence electrons. The number of unbranched alkanes of at least 4 members (excludes halogenated alkanes) is 17. The maximum Gasteiger partial charge on any atom is 0.306 e. The first kappa shape index (κ1) is 49.6. The fourth-order valence-corrected chi connectivity index (χ4v) is 5.90. The van der Waals surface area contributed by atoms with Crippen molar-refractivity contribution in [3.8, 4) is 0 Å². The summed E-state index contributed by atoms with van der Waals surface area (Å²) in [5, 5.41) is 11.6. The Morgan fingerprint density at radius 2 is 1.04 bits per heavy atom. The summed E-state index contributed by atoms with van der Waals surface area (Å²) in [6.07, 6.45) is 38.7. The molecule has 0 amide bonds. The highest BCUT2D eigenvalue weighted by atomic mass is 16.6. The molecule has 0 spiro atoms. The van der Waals surface area contributed by atoms with E-state index in [1.807, 2.05) is 0 Å². The summed E-state index contributed by atoms with van der Waals surface area (Å²) in [6.45, 7) is 4.58. The lowest BCUT2D eigenvalue weighted by Gasteiger charge is -2.34. The summed E-state index contributed by atoms with van der Waals surface area (Å²) in [5.74, 6) is -1.76. The molecule has 2 atom stereocenters. The lowest BCUT2D eigenvalue weighted by Crippen LogP contribution is -2.55. The third-order valence-corrected chi connectivity index (χ3v) is 9.25. The molecule has 8 nitrogen and oxygen atoms in total. The van der Waals surface area contributed by atoms with Gasteiger partial charge in [0.25, 0.3) is 0 Å². The molecule has 0 N–H and O–H groups in total. The van der Waals surface area contributed by atoms with Gasteiger partial charge in [-0.25, -0.2) is 0 Å². The van der Waals surface area contributed by atoms with Gasteiger partial charge in [-0.05, 0) is 64.2 Å². The summed E-state index contributed by atoms with van der Waals surface area (Å²) < 4.78 is 17.1. The highest BCUT2D eigenvalue weighted by Gasteiger charge is 2.25. The van der Waals surface area contributed by atoms with E-state index in [9.17, 15) is 19.5 Å². The topological polar surface area (TPSA) is 102 Å². The SMILES string of the molecule is CCCC/C=C\C/C=C\CCCCCCCC(=O)OC(COCCC(C(=O)[O-])[N+](C)(C)C)COC(=O)CCCCCCC/C=C\CCCCCCC. The quantitative estimate of drug-likeness (QED) is 0.0271. The van der Waals surface area contributed by atoms with Crippen molar-refractivity contribution < 1.29 is 38.2 Å². The number of rotatable bonds is 37. The molecule has 0 aromatic heterocycles. The normalized spacial score (nSPS) is 13.3. The molecule has 0 aromatic rings. The van der Waals surface area contributed by atoms with E-state index in [0.29, 0.717) is 12.8 Å². The average molecular weight is 734 g/mol. The van der Waals surface area contributed by atoms with Gasteiger partial charge in [0.1, 0.15) is 12.6 Å². The number of ether oxygens (including phenoxy) is 3. The molecule has 0 aliphatic rings. The van der Waals surface area contributed by atoms with Gasteiger partial charge in [0.15, 0.2) is 6.10 Å². The van der Waals surface area contributed by atoms with Gasteiger partial charge in [-0.3, -0.25) is 9.59 Å². The van der Waals surface area contributed by atoms with Crippen molar-refractivity contribution in [2.24, 2.45) is 0 Å². The molecule has 0 heterocycles. The Kier molecular flexibility index (Phi) is 33.9. The number of carbonyl (C=O) groups excluding carboxylic acids is 3. The molecule has 0 saturated carbocycles. The largest absolute Gasteiger partial charge is 0.544 e. The van der Waals surface area contributed by atoms with Crippen LogP contribution in [-0.2, 0) is 28.6 Å². The van der Waals surface area contributed by atoms with Crippen molar-refractivity contribution in [1.29, 1.82) is 0 Å². The van der Waals surface area contributed by atoms with Gasteiger partial charge in [0, 0.05) is 19.3 Å². The molecule has 52 heavy (non-hydrogen) atoms. The predicted molar refractivity (Wildman–Crippen MR) is 213 cm³/mol. The highest BCUT2D eigenvalue weighted by molar-refractivity contribution is 5.70. The minimum Gasteiger partial charge on any atom is -0.544 e. The molecule has 0 saturated heterocycles. The van der Waals surface area contributed by atoms with Gasteiger partial charge in [-0.15, -0.1) is 0 Å². The van der Waals surface area contributed by atoms with Crippen LogP contribution in [0.4, 0.5) is 0 Å². The minimum atomic E-state index is -1.13. The summed E-state index contributed by atoms with van der Waals surface area (Å²) in [6, 6.07) is -0.728. The summed E-state index contributed by atoms with van der Waals surface area (Å²) in [7, 11) is 5.39. The molecule has 0 radical (unpaired) electrons. The smallest absolute Gasteiger partial charge is 0.306 e. The molecule has 0 aliphatic heterocycles. The van der Waals surface area contributed by atoms with Gasteiger partial charge in [0.05, 0.1) is 40.3 Å². The van der Waals surface area contributed by atoms with E-state index in [0.717, 1.165) is 77.0 Å². The number of hydrogen-bond acceptors (Lipinski definition) is 7. The van der Waals surface area contributed by atoms with Crippen LogP contribution >= 0.6 is 0 Å². The monoisotopic (exact) mass is 734 g/mol. The zero-order valence-electron chi connectivity index (χ0n) is 34.2. The third-order valence-electron chi connectivity index (χ3n) is 9.25. The number of allylic oxidation sites excluding steroid dienone is 6. The second-order valence-electron chi connectivity index (χ2n) is 15.2. The van der Waals surface area contributed by atoms with E-state index in [1.165, 1.54) is 64.2 Å². The Balaban J connectivity index is 4.41. The van der Waals surface area contributed by atoms with Crippen LogP contribution < -0.4 is 5.11 Å². The number of aliphatic carboxylic acids is 1. The van der Waals surface area contributed by atoms with Gasteiger partial charge in [-0.1, -0.05) is 127 Å². The number of hydrogen-bond donors (Lipinski definition) is 0. The zero-order valence-corrected chi connectivity index (χ0v) is 34.2. The lowest BCUT2D eigenvalue weighted by atomic mass is 10.1. The summed E-state index contributed by atoms with van der Waals surface area (Å²) >= 11 is 0. The van der Waals surface area contributed by atoms with E-state index in [4.69, 9.17) is 14.2 Å². The number of nitrogens with zero attached hydrogens (tertiary/aromatic N) is 1. The van der Waals surface area contributed by atoms with Crippen LogP contribution in [0, 0.1) is 0 Å².